The number of aliphatic hydroxyl groups excluding tert-OH is 1. The van der Waals surface area contributed by atoms with Gasteiger partial charge in [0.1, 0.15) is 5.60 Å². The van der Waals surface area contributed by atoms with E-state index in [1.54, 1.807) is 4.90 Å². The summed E-state index contributed by atoms with van der Waals surface area (Å²) < 4.78 is 11.1. The van der Waals surface area contributed by atoms with Gasteiger partial charge in [0, 0.05) is 13.2 Å². The number of carbonyl (C=O) groups excluding carboxylic acids is 1. The van der Waals surface area contributed by atoms with E-state index in [0.717, 1.165) is 12.8 Å². The number of amides is 1. The Morgan fingerprint density at radius 3 is 2.78 bits per heavy atom. The van der Waals surface area contributed by atoms with Crippen molar-refractivity contribution < 1.29 is 19.4 Å². The van der Waals surface area contributed by atoms with Crippen LogP contribution in [0.5, 0.6) is 0 Å². The van der Waals surface area contributed by atoms with Crippen molar-refractivity contribution in [3.63, 3.8) is 0 Å². The Morgan fingerprint density at radius 2 is 2.17 bits per heavy atom. The lowest BCUT2D eigenvalue weighted by atomic mass is 10.1. The lowest BCUT2D eigenvalue weighted by Crippen LogP contribution is -2.52. The monoisotopic (exact) mass is 257 g/mol. The summed E-state index contributed by atoms with van der Waals surface area (Å²) in [4.78, 5) is 13.9. The number of morpholine rings is 1. The van der Waals surface area contributed by atoms with E-state index in [2.05, 4.69) is 0 Å². The molecule has 1 heterocycles. The molecular weight excluding hydrogens is 234 g/mol. The zero-order valence-electron chi connectivity index (χ0n) is 11.4. The Morgan fingerprint density at radius 1 is 1.44 bits per heavy atom. The lowest BCUT2D eigenvalue weighted by molar-refractivity contribution is -0.0635. The standard InChI is InChI=1S/C13H23NO4/c1-13(2,3)18-12(16)14-4-5-17-11-7-9(8-15)6-10(11)14/h9-11,15H,4-8H2,1-3H3/t9?,10?,11-/m0/s1. The predicted molar refractivity (Wildman–Crippen MR) is 66.3 cm³/mol. The van der Waals surface area contributed by atoms with Crippen LogP contribution in [0.4, 0.5) is 4.79 Å². The van der Waals surface area contributed by atoms with Gasteiger partial charge in [0.2, 0.25) is 0 Å². The quantitative estimate of drug-likeness (QED) is 0.771. The lowest BCUT2D eigenvalue weighted by Gasteiger charge is -2.38. The molecule has 0 radical (unpaired) electrons. The Labute approximate surface area is 108 Å². The molecule has 0 bridgehead atoms. The van der Waals surface area contributed by atoms with Gasteiger partial charge in [0.05, 0.1) is 18.8 Å². The highest BCUT2D eigenvalue weighted by Crippen LogP contribution is 2.34. The molecule has 104 valence electrons. The van der Waals surface area contributed by atoms with Gasteiger partial charge >= 0.3 is 6.09 Å². The SMILES string of the molecule is CC(C)(C)OC(=O)N1CCO[C@H]2CC(CO)CC21. The molecule has 1 saturated carbocycles. The Kier molecular flexibility index (Phi) is 3.82. The van der Waals surface area contributed by atoms with Gasteiger partial charge in [-0.2, -0.15) is 0 Å². The normalized spacial score (nSPS) is 32.2. The molecule has 2 unspecified atom stereocenters. The fraction of sp³-hybridized carbons (Fsp3) is 0.923. The van der Waals surface area contributed by atoms with Crippen LogP contribution in [0.15, 0.2) is 0 Å². The Balaban J connectivity index is 2.02. The van der Waals surface area contributed by atoms with E-state index >= 15 is 0 Å². The molecule has 1 N–H and O–H groups in total. The molecule has 5 nitrogen and oxygen atoms in total. The van der Waals surface area contributed by atoms with E-state index in [4.69, 9.17) is 9.47 Å². The van der Waals surface area contributed by atoms with Gasteiger partial charge in [-0.3, -0.25) is 0 Å². The van der Waals surface area contributed by atoms with Crippen LogP contribution in [0.2, 0.25) is 0 Å². The van der Waals surface area contributed by atoms with Crippen LogP contribution < -0.4 is 0 Å². The van der Waals surface area contributed by atoms with Gasteiger partial charge in [0.25, 0.3) is 0 Å². The van der Waals surface area contributed by atoms with Gasteiger partial charge in [0.15, 0.2) is 0 Å². The average Bonchev–Trinajstić information content (AvgIpc) is 2.68. The number of carbonyl (C=O) groups is 1. The summed E-state index contributed by atoms with van der Waals surface area (Å²) in [5.74, 6) is 0.239. The largest absolute Gasteiger partial charge is 0.444 e. The predicted octanol–water partition coefficient (Wildman–Crippen LogP) is 1.39. The molecule has 0 aromatic heterocycles. The molecule has 0 spiro atoms. The van der Waals surface area contributed by atoms with Crippen molar-refractivity contribution in [3.8, 4) is 0 Å². The average molecular weight is 257 g/mol. The summed E-state index contributed by atoms with van der Waals surface area (Å²) in [6.45, 7) is 6.90. The topological polar surface area (TPSA) is 59.0 Å². The number of hydrogen-bond donors (Lipinski definition) is 1. The summed E-state index contributed by atoms with van der Waals surface area (Å²) in [7, 11) is 0. The number of ether oxygens (including phenoxy) is 2. The van der Waals surface area contributed by atoms with E-state index in [1.807, 2.05) is 20.8 Å². The summed E-state index contributed by atoms with van der Waals surface area (Å²) in [5.41, 5.74) is -0.472. The van der Waals surface area contributed by atoms with Crippen LogP contribution in [0, 0.1) is 5.92 Å². The molecule has 0 aromatic rings. The molecule has 1 saturated heterocycles. The maximum atomic E-state index is 12.1. The summed E-state index contributed by atoms with van der Waals surface area (Å²) in [6, 6.07) is 0.0609. The number of fused-ring (bicyclic) bond motifs is 1. The number of nitrogens with zero attached hydrogens (tertiary/aromatic N) is 1. The van der Waals surface area contributed by atoms with Crippen LogP contribution in [0.25, 0.3) is 0 Å². The fourth-order valence-corrected chi connectivity index (χ4v) is 2.75. The van der Waals surface area contributed by atoms with E-state index < -0.39 is 5.60 Å². The molecular formula is C13H23NO4. The molecule has 18 heavy (non-hydrogen) atoms. The first-order valence-electron chi connectivity index (χ1n) is 6.63. The molecule has 1 aliphatic heterocycles. The van der Waals surface area contributed by atoms with E-state index in [0.29, 0.717) is 13.2 Å². The number of rotatable bonds is 1. The maximum Gasteiger partial charge on any atom is 0.410 e. The zero-order chi connectivity index (χ0) is 13.3. The van der Waals surface area contributed by atoms with Gasteiger partial charge in [-0.25, -0.2) is 4.79 Å². The van der Waals surface area contributed by atoms with E-state index in [1.165, 1.54) is 0 Å². The molecule has 5 heteroatoms. The summed E-state index contributed by atoms with van der Waals surface area (Å²) in [6.07, 6.45) is 1.43. The number of hydrogen-bond acceptors (Lipinski definition) is 4. The first-order chi connectivity index (χ1) is 8.40. The van der Waals surface area contributed by atoms with Crippen molar-refractivity contribution in [2.45, 2.75) is 51.4 Å². The van der Waals surface area contributed by atoms with Gasteiger partial charge < -0.3 is 19.5 Å². The van der Waals surface area contributed by atoms with Crippen LogP contribution in [0.1, 0.15) is 33.6 Å². The molecule has 2 rings (SSSR count). The zero-order valence-corrected chi connectivity index (χ0v) is 11.4. The Hall–Kier alpha value is -0.810. The highest BCUT2D eigenvalue weighted by molar-refractivity contribution is 5.68. The molecule has 0 aromatic carbocycles. The molecule has 3 atom stereocenters. The first-order valence-corrected chi connectivity index (χ1v) is 6.63. The molecule has 2 fully saturated rings. The smallest absolute Gasteiger partial charge is 0.410 e. The minimum atomic E-state index is -0.472. The van der Waals surface area contributed by atoms with Gasteiger partial charge in [-0.1, -0.05) is 0 Å². The number of aliphatic hydroxyl groups is 1. The van der Waals surface area contributed by atoms with E-state index in [9.17, 15) is 9.90 Å². The third-order valence-electron chi connectivity index (χ3n) is 3.52. The summed E-state index contributed by atoms with van der Waals surface area (Å²) in [5, 5.41) is 9.23. The highest BCUT2D eigenvalue weighted by atomic mass is 16.6. The first kappa shape index (κ1) is 13.6. The molecule has 1 aliphatic carbocycles. The fourth-order valence-electron chi connectivity index (χ4n) is 2.75. The molecule has 2 aliphatic rings. The van der Waals surface area contributed by atoms with Crippen LogP contribution >= 0.6 is 0 Å². The van der Waals surface area contributed by atoms with E-state index in [-0.39, 0.29) is 30.8 Å². The minimum Gasteiger partial charge on any atom is -0.444 e. The van der Waals surface area contributed by atoms with Crippen molar-refractivity contribution >= 4 is 6.09 Å². The van der Waals surface area contributed by atoms with Crippen LogP contribution in [-0.2, 0) is 9.47 Å². The van der Waals surface area contributed by atoms with Crippen LogP contribution in [-0.4, -0.2) is 53.6 Å². The van der Waals surface area contributed by atoms with Crippen molar-refractivity contribution in [1.29, 1.82) is 0 Å². The summed E-state index contributed by atoms with van der Waals surface area (Å²) >= 11 is 0. The van der Waals surface area contributed by atoms with Gasteiger partial charge in [-0.05, 0) is 39.5 Å². The van der Waals surface area contributed by atoms with Crippen molar-refractivity contribution in [1.82, 2.24) is 4.90 Å². The van der Waals surface area contributed by atoms with Crippen molar-refractivity contribution in [2.24, 2.45) is 5.92 Å². The second-order valence-corrected chi connectivity index (χ2v) is 6.17. The maximum absolute atomic E-state index is 12.1. The minimum absolute atomic E-state index is 0.0587. The second-order valence-electron chi connectivity index (χ2n) is 6.17. The third-order valence-corrected chi connectivity index (χ3v) is 3.52. The Bertz CT molecular complexity index is 313. The van der Waals surface area contributed by atoms with Crippen molar-refractivity contribution in [2.75, 3.05) is 19.8 Å². The van der Waals surface area contributed by atoms with Gasteiger partial charge in [-0.15, -0.1) is 0 Å². The second kappa shape index (κ2) is 5.05. The molecule has 1 amide bonds. The van der Waals surface area contributed by atoms with Crippen LogP contribution in [0.3, 0.4) is 0 Å². The highest BCUT2D eigenvalue weighted by Gasteiger charge is 2.43. The third kappa shape index (κ3) is 2.95. The van der Waals surface area contributed by atoms with Crippen molar-refractivity contribution in [3.05, 3.63) is 0 Å².